The number of ether oxygens (including phenoxy) is 2. The number of nitrogens with zero attached hydrogens (tertiary/aromatic N) is 6. The summed E-state index contributed by atoms with van der Waals surface area (Å²) >= 11 is 0. The lowest BCUT2D eigenvalue weighted by molar-refractivity contribution is -0.438. The zero-order valence-corrected chi connectivity index (χ0v) is 47.5. The van der Waals surface area contributed by atoms with Gasteiger partial charge in [0.15, 0.2) is 23.7 Å². The highest BCUT2D eigenvalue weighted by molar-refractivity contribution is 7.86. The molecule has 29 nitrogen and oxygen atoms in total. The molecule has 0 aliphatic carbocycles. The van der Waals surface area contributed by atoms with Gasteiger partial charge in [-0.05, 0) is 82.5 Å². The van der Waals surface area contributed by atoms with E-state index in [-0.39, 0.29) is 40.9 Å². The molecule has 0 spiro atoms. The van der Waals surface area contributed by atoms with Crippen LogP contribution in [0.4, 0.5) is 16.2 Å². The van der Waals surface area contributed by atoms with Gasteiger partial charge in [-0.3, -0.25) is 18.4 Å². The maximum atomic E-state index is 13.1. The molecule has 3 aliphatic heterocycles. The van der Waals surface area contributed by atoms with Gasteiger partial charge in [0.2, 0.25) is 11.6 Å². The number of allylic oxidation sites excluding steroid dienone is 4. The number of hydrogen-bond donors (Lipinski definition) is 8. The van der Waals surface area contributed by atoms with Crippen LogP contribution in [-0.4, -0.2) is 144 Å². The average molecular weight is 1210 g/mol. The summed E-state index contributed by atoms with van der Waals surface area (Å²) in [6, 6.07) is 8.74. The fourth-order valence-electron chi connectivity index (χ4n) is 9.62. The van der Waals surface area contributed by atoms with Crippen LogP contribution >= 0.6 is 23.5 Å². The van der Waals surface area contributed by atoms with E-state index in [1.165, 1.54) is 41.5 Å². The molecular formula is C45H59N8O21P3S2. The van der Waals surface area contributed by atoms with E-state index in [9.17, 15) is 64.1 Å². The molecule has 7 rings (SSSR count). The van der Waals surface area contributed by atoms with Crippen LogP contribution in [0.5, 0.6) is 0 Å². The number of aliphatic hydroxyl groups is 1. The van der Waals surface area contributed by atoms with Gasteiger partial charge >= 0.3 is 29.6 Å². The molecule has 0 saturated carbocycles. The normalized spacial score (nSPS) is 22.0. The SMILES string of the molecule is CCN1/C(=C/C=C/C2=[N+](CCCCCC(=O)NCCNC(=O)O[C@@H]3[C@H](O)[C@@H](COP(=O)(O)OP(=O)(O)OP(=O)(O)O)O[C@H]3n3cnc4c(C)ncnc43)c3ccc(S(=O)(=O)O)cc3C2(C)C)C(C)(C)c2cc(S(=O)(=O)[O-])ccc21. The number of phosphoric acid groups is 3. The van der Waals surface area contributed by atoms with Crippen molar-refractivity contribution in [2.45, 2.75) is 112 Å². The number of aliphatic hydroxyl groups excluding tert-OH is 1. The summed E-state index contributed by atoms with van der Waals surface area (Å²) < 4.78 is 132. The van der Waals surface area contributed by atoms with E-state index in [0.29, 0.717) is 54.7 Å². The number of aryl methyl sites for hydroxylation is 1. The van der Waals surface area contributed by atoms with E-state index in [1.54, 1.807) is 19.1 Å². The first-order valence-corrected chi connectivity index (χ1v) is 31.5. The molecule has 6 atom stereocenters. The van der Waals surface area contributed by atoms with E-state index in [2.05, 4.69) is 43.3 Å². The summed E-state index contributed by atoms with van der Waals surface area (Å²) in [6.45, 7) is 11.0. The first-order chi connectivity index (χ1) is 36.6. The van der Waals surface area contributed by atoms with Crippen LogP contribution in [0.25, 0.3) is 11.2 Å². The van der Waals surface area contributed by atoms with E-state index < -0.39 is 91.8 Å². The van der Waals surface area contributed by atoms with Crippen molar-refractivity contribution in [3.05, 3.63) is 89.8 Å². The first kappa shape index (κ1) is 61.4. The molecule has 432 valence electrons. The molecule has 4 aromatic rings. The van der Waals surface area contributed by atoms with Crippen molar-refractivity contribution >= 4 is 84.0 Å². The molecule has 79 heavy (non-hydrogen) atoms. The second-order valence-corrected chi connectivity index (χ2v) is 26.6. The molecule has 1 saturated heterocycles. The maximum absolute atomic E-state index is 13.1. The number of fused-ring (bicyclic) bond motifs is 3. The highest BCUT2D eigenvalue weighted by Gasteiger charge is 2.50. The average Bonchev–Trinajstić information content (AvgIpc) is 4.21. The Balaban J connectivity index is 0.949. The Kier molecular flexibility index (Phi) is 18.2. The summed E-state index contributed by atoms with van der Waals surface area (Å²) in [7, 11) is -26.4. The number of aromatic nitrogens is 4. The van der Waals surface area contributed by atoms with E-state index >= 15 is 0 Å². The maximum Gasteiger partial charge on any atom is 0.490 e. The van der Waals surface area contributed by atoms with Crippen molar-refractivity contribution in [3.63, 3.8) is 0 Å². The molecule has 0 radical (unpaired) electrons. The number of rotatable bonds is 23. The van der Waals surface area contributed by atoms with Gasteiger partial charge in [0.25, 0.3) is 10.1 Å². The number of imidazole rings is 1. The molecule has 3 aliphatic rings. The zero-order valence-electron chi connectivity index (χ0n) is 43.2. The monoisotopic (exact) mass is 1200 g/mol. The van der Waals surface area contributed by atoms with Gasteiger partial charge in [0.1, 0.15) is 40.7 Å². The van der Waals surface area contributed by atoms with Gasteiger partial charge in [-0.1, -0.05) is 19.9 Å². The lowest BCUT2D eigenvalue weighted by Crippen LogP contribution is -2.41. The fraction of sp³-hybridized carbons (Fsp3) is 0.467. The van der Waals surface area contributed by atoms with Crippen LogP contribution in [0.2, 0.25) is 0 Å². The Bertz CT molecular complexity index is 3510. The van der Waals surface area contributed by atoms with Crippen molar-refractivity contribution in [3.8, 4) is 0 Å². The number of likely N-dealkylation sites (N-methyl/N-ethyl adjacent to an activating group) is 1. The summed E-state index contributed by atoms with van der Waals surface area (Å²) in [5.74, 6) is -0.337. The van der Waals surface area contributed by atoms with Crippen molar-refractivity contribution in [1.82, 2.24) is 30.2 Å². The predicted molar refractivity (Wildman–Crippen MR) is 276 cm³/mol. The Hall–Kier alpha value is -5.17. The predicted octanol–water partition coefficient (Wildman–Crippen LogP) is 3.99. The molecule has 5 heterocycles. The number of anilines is 1. The van der Waals surface area contributed by atoms with Crippen molar-refractivity contribution in [2.24, 2.45) is 0 Å². The van der Waals surface area contributed by atoms with Crippen molar-refractivity contribution in [2.75, 3.05) is 37.7 Å². The fourth-order valence-corrected chi connectivity index (χ4v) is 13.7. The Morgan fingerprint density at radius 2 is 1.58 bits per heavy atom. The highest BCUT2D eigenvalue weighted by atomic mass is 32.2. The minimum Gasteiger partial charge on any atom is -0.744 e. The lowest BCUT2D eigenvalue weighted by atomic mass is 9.81. The van der Waals surface area contributed by atoms with Crippen molar-refractivity contribution in [1.29, 1.82) is 0 Å². The minimum atomic E-state index is -5.87. The largest absolute Gasteiger partial charge is 0.744 e. The molecule has 1 fully saturated rings. The van der Waals surface area contributed by atoms with Gasteiger partial charge in [0, 0.05) is 67.0 Å². The summed E-state index contributed by atoms with van der Waals surface area (Å²) in [4.78, 5) is 77.1. The molecule has 34 heteroatoms. The molecular weight excluding hydrogens is 1150 g/mol. The number of amides is 2. The van der Waals surface area contributed by atoms with Gasteiger partial charge in [0.05, 0.1) is 33.8 Å². The number of hydrogen-bond acceptors (Lipinski definition) is 20. The van der Waals surface area contributed by atoms with Gasteiger partial charge in [-0.25, -0.2) is 41.9 Å². The zero-order chi connectivity index (χ0) is 58.3. The molecule has 2 unspecified atom stereocenters. The highest BCUT2D eigenvalue weighted by Crippen LogP contribution is 2.66. The second kappa shape index (κ2) is 23.4. The number of phosphoric ester groups is 1. The van der Waals surface area contributed by atoms with Crippen LogP contribution in [0.3, 0.4) is 0 Å². The quantitative estimate of drug-likeness (QED) is 0.0225. The Morgan fingerprint density at radius 1 is 0.899 bits per heavy atom. The molecule has 2 amide bonds. The number of benzene rings is 2. The van der Waals surface area contributed by atoms with Crippen LogP contribution in [-0.2, 0) is 72.2 Å². The van der Waals surface area contributed by atoms with Crippen LogP contribution in [0.15, 0.2) is 82.8 Å². The number of carbonyl (C=O) groups is 2. The van der Waals surface area contributed by atoms with E-state index in [4.69, 9.17) is 19.3 Å². The Labute approximate surface area is 453 Å². The van der Waals surface area contributed by atoms with E-state index in [0.717, 1.165) is 22.8 Å². The van der Waals surface area contributed by atoms with Crippen molar-refractivity contribution < 1.29 is 101 Å². The third-order valence-corrected chi connectivity index (χ3v) is 18.8. The van der Waals surface area contributed by atoms with Gasteiger partial charge in [-0.15, -0.1) is 0 Å². The third kappa shape index (κ3) is 14.1. The van der Waals surface area contributed by atoms with Crippen LogP contribution in [0, 0.1) is 6.92 Å². The smallest absolute Gasteiger partial charge is 0.490 e. The number of unbranched alkanes of at least 4 members (excludes halogenated alkanes) is 2. The standard InChI is InChI=1S/C45H59N8O21P3S2/c1-7-51-32-17-15-28(78(64,65)66)22-30(32)44(3,4)35(51)12-11-13-36-45(5,6)31-23-29(79(67,68)69)16-18-33(31)52(36)21-10-8-9-14-37(54)46-19-20-47-43(56)72-40-39(55)34(24-70-76(60,61)74-77(62,63)73-75(57,58)59)71-42(40)53-26-50-38-27(2)48-25-49-41(38)53/h11-13,15-18,22-23,25-26,34,39-40,42,55H,7-10,14,19-21,24H2,1-6H3,(H7-,46,47,54,56,57,58,59,60,61,62,63,64,65,66,67,68,69)/t34-,39-,40-,42-/m1/s1. The molecule has 2 aromatic heterocycles. The first-order valence-electron chi connectivity index (χ1n) is 24.2. The summed E-state index contributed by atoms with van der Waals surface area (Å²) in [6.07, 6.45) is 2.23. The third-order valence-electron chi connectivity index (χ3n) is 13.3. The number of carbonyl (C=O) groups excluding carboxylic acids is 2. The van der Waals surface area contributed by atoms with Gasteiger partial charge < -0.3 is 54.2 Å². The second-order valence-electron chi connectivity index (χ2n) is 19.4. The number of alkyl carbamates (subject to hydrolysis) is 1. The summed E-state index contributed by atoms with van der Waals surface area (Å²) in [5, 5.41) is 16.4. The molecule has 0 bridgehead atoms. The topological polar surface area (TPSA) is 418 Å². The van der Waals surface area contributed by atoms with Gasteiger partial charge in [-0.2, -0.15) is 21.6 Å². The number of nitrogens with one attached hydrogen (secondary N) is 2. The molecule has 8 N–H and O–H groups in total. The van der Waals surface area contributed by atoms with E-state index in [1.807, 2.05) is 57.7 Å². The van der Waals surface area contributed by atoms with Crippen LogP contribution in [0.1, 0.15) is 83.4 Å². The van der Waals surface area contributed by atoms with Crippen LogP contribution < -0.4 is 15.5 Å². The Morgan fingerprint density at radius 3 is 2.25 bits per heavy atom. The molecule has 2 aromatic carbocycles. The summed E-state index contributed by atoms with van der Waals surface area (Å²) in [5.41, 5.74) is 3.93. The minimum absolute atomic E-state index is 0.0550. The lowest BCUT2D eigenvalue weighted by Gasteiger charge is -2.25.